The molecule has 1 aromatic carbocycles. The highest BCUT2D eigenvalue weighted by atomic mass is 35.5. The third-order valence-electron chi connectivity index (χ3n) is 3.34. The van der Waals surface area contributed by atoms with Crippen LogP contribution in [0.5, 0.6) is 0 Å². The highest BCUT2D eigenvalue weighted by Gasteiger charge is 2.18. The Hall–Kier alpha value is -1.41. The molecule has 0 unspecified atom stereocenters. The van der Waals surface area contributed by atoms with Crippen LogP contribution in [0.3, 0.4) is 0 Å². The number of halogens is 1. The minimum Gasteiger partial charge on any atom is -0.311 e. The molecule has 8 heteroatoms. The molecule has 0 aliphatic heterocycles. The molecule has 0 saturated heterocycles. The number of nitrogens with zero attached hydrogens (tertiary/aromatic N) is 1. The van der Waals surface area contributed by atoms with Gasteiger partial charge in [0, 0.05) is 25.7 Å². The van der Waals surface area contributed by atoms with E-state index in [1.807, 2.05) is 32.0 Å². The highest BCUT2D eigenvalue weighted by Crippen LogP contribution is 2.25. The number of amides is 1. The van der Waals surface area contributed by atoms with Crippen LogP contribution in [0.4, 0.5) is 5.69 Å². The zero-order chi connectivity index (χ0) is 17.9. The van der Waals surface area contributed by atoms with Gasteiger partial charge in [-0.2, -0.15) is 0 Å². The molecule has 0 atom stereocenters. The summed E-state index contributed by atoms with van der Waals surface area (Å²) in [5, 5.41) is 0. The van der Waals surface area contributed by atoms with Crippen LogP contribution in [0, 0.1) is 13.8 Å². The molecule has 0 aliphatic carbocycles. The van der Waals surface area contributed by atoms with E-state index in [0.29, 0.717) is 4.34 Å². The molecule has 24 heavy (non-hydrogen) atoms. The van der Waals surface area contributed by atoms with Crippen molar-refractivity contribution in [2.45, 2.75) is 25.0 Å². The molecule has 1 N–H and O–H groups in total. The fourth-order valence-electron chi connectivity index (χ4n) is 2.38. The van der Waals surface area contributed by atoms with Crippen molar-refractivity contribution in [3.05, 3.63) is 45.8 Å². The molecule has 0 spiro atoms. The fraction of sp³-hybridized carbons (Fsp3) is 0.312. The van der Waals surface area contributed by atoms with Gasteiger partial charge < -0.3 is 4.90 Å². The van der Waals surface area contributed by atoms with E-state index in [1.54, 1.807) is 4.90 Å². The third-order valence-corrected chi connectivity index (χ3v) is 6.52. The van der Waals surface area contributed by atoms with E-state index >= 15 is 0 Å². The van der Waals surface area contributed by atoms with Gasteiger partial charge in [0.15, 0.2) is 0 Å². The van der Waals surface area contributed by atoms with Gasteiger partial charge >= 0.3 is 0 Å². The smallest absolute Gasteiger partial charge is 0.250 e. The van der Waals surface area contributed by atoms with Crippen molar-refractivity contribution in [2.24, 2.45) is 0 Å². The third kappa shape index (κ3) is 4.80. The van der Waals surface area contributed by atoms with E-state index < -0.39 is 10.0 Å². The normalized spacial score (nSPS) is 11.5. The number of aryl methyl sites for hydroxylation is 2. The number of nitrogens with one attached hydrogen (secondary N) is 1. The van der Waals surface area contributed by atoms with Crippen molar-refractivity contribution in [3.63, 3.8) is 0 Å². The summed E-state index contributed by atoms with van der Waals surface area (Å²) < 4.78 is 27.4. The highest BCUT2D eigenvalue weighted by molar-refractivity contribution is 7.91. The summed E-state index contributed by atoms with van der Waals surface area (Å²) in [6.45, 7) is 5.74. The maximum atomic E-state index is 12.2. The van der Waals surface area contributed by atoms with Crippen molar-refractivity contribution >= 4 is 44.6 Å². The first-order valence-corrected chi connectivity index (χ1v) is 9.98. The number of carbonyl (C=O) groups excluding carboxylic acids is 1. The molecule has 1 heterocycles. The van der Waals surface area contributed by atoms with Crippen LogP contribution < -0.4 is 9.62 Å². The van der Waals surface area contributed by atoms with Gasteiger partial charge in [-0.1, -0.05) is 17.7 Å². The number of hydrogen-bond acceptors (Lipinski definition) is 4. The Morgan fingerprint density at radius 2 is 1.83 bits per heavy atom. The molecule has 0 bridgehead atoms. The molecular weight excluding hydrogens is 368 g/mol. The summed E-state index contributed by atoms with van der Waals surface area (Å²) in [6.07, 6.45) is 0. The van der Waals surface area contributed by atoms with Crippen molar-refractivity contribution < 1.29 is 13.2 Å². The second-order valence-electron chi connectivity index (χ2n) is 5.47. The van der Waals surface area contributed by atoms with Crippen molar-refractivity contribution in [2.75, 3.05) is 18.0 Å². The van der Waals surface area contributed by atoms with E-state index in [0.717, 1.165) is 28.2 Å². The predicted molar refractivity (Wildman–Crippen MR) is 98.5 cm³/mol. The van der Waals surface area contributed by atoms with Crippen LogP contribution in [0.25, 0.3) is 0 Å². The lowest BCUT2D eigenvalue weighted by Gasteiger charge is -2.22. The average Bonchev–Trinajstić information content (AvgIpc) is 2.89. The second-order valence-corrected chi connectivity index (χ2v) is 9.18. The molecule has 130 valence electrons. The Labute approximate surface area is 151 Å². The molecule has 0 fully saturated rings. The van der Waals surface area contributed by atoms with Gasteiger partial charge in [-0.3, -0.25) is 4.79 Å². The summed E-state index contributed by atoms with van der Waals surface area (Å²) in [5.74, 6) is -0.140. The van der Waals surface area contributed by atoms with E-state index in [1.165, 1.54) is 19.1 Å². The van der Waals surface area contributed by atoms with Crippen LogP contribution >= 0.6 is 22.9 Å². The van der Waals surface area contributed by atoms with Crippen molar-refractivity contribution in [3.8, 4) is 0 Å². The minimum absolute atomic E-state index is 0.115. The van der Waals surface area contributed by atoms with Gasteiger partial charge in [-0.15, -0.1) is 11.3 Å². The summed E-state index contributed by atoms with van der Waals surface area (Å²) in [4.78, 5) is 13.5. The van der Waals surface area contributed by atoms with Crippen molar-refractivity contribution in [1.82, 2.24) is 4.72 Å². The quantitative estimate of drug-likeness (QED) is 0.827. The lowest BCUT2D eigenvalue weighted by atomic mass is 10.1. The first kappa shape index (κ1) is 18.9. The molecule has 0 aliphatic rings. The average molecular weight is 387 g/mol. The van der Waals surface area contributed by atoms with Gasteiger partial charge in [0.25, 0.3) is 0 Å². The lowest BCUT2D eigenvalue weighted by molar-refractivity contribution is -0.116. The number of carbonyl (C=O) groups is 1. The summed E-state index contributed by atoms with van der Waals surface area (Å²) in [5.41, 5.74) is 2.86. The number of benzene rings is 1. The molecule has 2 rings (SSSR count). The topological polar surface area (TPSA) is 66.5 Å². The van der Waals surface area contributed by atoms with Crippen LogP contribution in [0.15, 0.2) is 34.5 Å². The van der Waals surface area contributed by atoms with Gasteiger partial charge in [-0.25, -0.2) is 13.1 Å². The molecule has 0 radical (unpaired) electrons. The number of rotatable bonds is 6. The zero-order valence-corrected chi connectivity index (χ0v) is 16.1. The molecule has 1 aromatic heterocycles. The fourth-order valence-corrected chi connectivity index (χ4v) is 4.93. The van der Waals surface area contributed by atoms with Crippen LogP contribution in [0.2, 0.25) is 4.34 Å². The monoisotopic (exact) mass is 386 g/mol. The number of thiophene rings is 1. The number of sulfonamides is 1. The minimum atomic E-state index is -3.61. The van der Waals surface area contributed by atoms with Crippen LogP contribution in [-0.2, 0) is 14.8 Å². The Morgan fingerprint density at radius 1 is 1.21 bits per heavy atom. The Kier molecular flexibility index (Phi) is 6.03. The number of hydrogen-bond donors (Lipinski definition) is 1. The maximum Gasteiger partial charge on any atom is 0.250 e. The lowest BCUT2D eigenvalue weighted by Crippen LogP contribution is -2.37. The molecule has 0 saturated carbocycles. The second kappa shape index (κ2) is 7.65. The summed E-state index contributed by atoms with van der Waals surface area (Å²) >= 11 is 6.77. The van der Waals surface area contributed by atoms with Gasteiger partial charge in [0.2, 0.25) is 15.9 Å². The predicted octanol–water partition coefficient (Wildman–Crippen LogP) is 3.35. The molecular formula is C16H19ClN2O3S2. The number of anilines is 1. The molecule has 2 aromatic rings. The van der Waals surface area contributed by atoms with Crippen LogP contribution in [0.1, 0.15) is 18.1 Å². The SMILES string of the molecule is CC(=O)N(CCNS(=O)(=O)c1ccc(Cl)s1)c1cc(C)cc(C)c1. The zero-order valence-electron chi connectivity index (χ0n) is 13.7. The summed E-state index contributed by atoms with van der Waals surface area (Å²) in [6, 6.07) is 8.83. The van der Waals surface area contributed by atoms with E-state index in [2.05, 4.69) is 4.72 Å². The van der Waals surface area contributed by atoms with E-state index in [9.17, 15) is 13.2 Å². The molecule has 5 nitrogen and oxygen atoms in total. The maximum absolute atomic E-state index is 12.2. The first-order chi connectivity index (χ1) is 11.2. The standard InChI is InChI=1S/C16H19ClN2O3S2/c1-11-8-12(2)10-14(9-11)19(13(3)20)7-6-18-24(21,22)16-5-4-15(17)23-16/h4-5,8-10,18H,6-7H2,1-3H3. The Balaban J connectivity index is 2.08. The molecule has 1 amide bonds. The van der Waals surface area contributed by atoms with E-state index in [-0.39, 0.29) is 23.2 Å². The largest absolute Gasteiger partial charge is 0.311 e. The van der Waals surface area contributed by atoms with E-state index in [4.69, 9.17) is 11.6 Å². The van der Waals surface area contributed by atoms with Crippen LogP contribution in [-0.4, -0.2) is 27.4 Å². The Morgan fingerprint density at radius 3 is 2.33 bits per heavy atom. The van der Waals surface area contributed by atoms with Gasteiger partial charge in [0.05, 0.1) is 4.34 Å². The van der Waals surface area contributed by atoms with Crippen molar-refractivity contribution in [1.29, 1.82) is 0 Å². The summed E-state index contributed by atoms with van der Waals surface area (Å²) in [7, 11) is -3.61. The van der Waals surface area contributed by atoms with Gasteiger partial charge in [0.1, 0.15) is 4.21 Å². The first-order valence-electron chi connectivity index (χ1n) is 7.30. The Bertz CT molecular complexity index is 827. The van der Waals surface area contributed by atoms with Gasteiger partial charge in [-0.05, 0) is 49.2 Å².